The molecule has 88 valence electrons. The molecule has 0 amide bonds. The van der Waals surface area contributed by atoms with Gasteiger partial charge in [-0.3, -0.25) is 4.98 Å². The van der Waals surface area contributed by atoms with E-state index >= 15 is 0 Å². The van der Waals surface area contributed by atoms with Crippen LogP contribution in [-0.2, 0) is 0 Å². The van der Waals surface area contributed by atoms with Crippen LogP contribution >= 0.6 is 11.6 Å². The lowest BCUT2D eigenvalue weighted by Crippen LogP contribution is -2.27. The van der Waals surface area contributed by atoms with Crippen molar-refractivity contribution in [3.63, 3.8) is 0 Å². The molecule has 2 nitrogen and oxygen atoms in total. The molecule has 1 aliphatic rings. The van der Waals surface area contributed by atoms with Crippen molar-refractivity contribution in [1.29, 1.82) is 0 Å². The van der Waals surface area contributed by atoms with E-state index in [4.69, 9.17) is 11.6 Å². The first-order valence-corrected chi connectivity index (χ1v) is 6.47. The van der Waals surface area contributed by atoms with Crippen molar-refractivity contribution < 1.29 is 0 Å². The maximum absolute atomic E-state index is 6.21. The Hall–Kier alpha value is -0.600. The van der Waals surface area contributed by atoms with Crippen molar-refractivity contribution in [2.24, 2.45) is 5.92 Å². The van der Waals surface area contributed by atoms with Crippen LogP contribution in [0.4, 0.5) is 0 Å². The summed E-state index contributed by atoms with van der Waals surface area (Å²) in [6.45, 7) is 0. The van der Waals surface area contributed by atoms with Gasteiger partial charge < -0.3 is 5.32 Å². The molecule has 0 aliphatic heterocycles. The predicted octanol–water partition coefficient (Wildman–Crippen LogP) is 3.58. The van der Waals surface area contributed by atoms with Gasteiger partial charge in [-0.15, -0.1) is 0 Å². The summed E-state index contributed by atoms with van der Waals surface area (Å²) in [5.41, 5.74) is 1.20. The molecule has 16 heavy (non-hydrogen) atoms. The third-order valence-corrected chi connectivity index (χ3v) is 3.89. The molecule has 0 aromatic carbocycles. The lowest BCUT2D eigenvalue weighted by atomic mass is 9.81. The van der Waals surface area contributed by atoms with Crippen LogP contribution in [0.15, 0.2) is 18.5 Å². The van der Waals surface area contributed by atoms with E-state index in [0.29, 0.717) is 6.04 Å². The zero-order valence-corrected chi connectivity index (χ0v) is 10.5. The summed E-state index contributed by atoms with van der Waals surface area (Å²) in [4.78, 5) is 4.05. The Balaban J connectivity index is 2.18. The van der Waals surface area contributed by atoms with Gasteiger partial charge in [-0.05, 0) is 37.4 Å². The second kappa shape index (κ2) is 5.65. The number of hydrogen-bond acceptors (Lipinski definition) is 2. The molecule has 1 aliphatic carbocycles. The highest BCUT2D eigenvalue weighted by Gasteiger charge is 2.25. The Labute approximate surface area is 102 Å². The van der Waals surface area contributed by atoms with Crippen LogP contribution in [0.5, 0.6) is 0 Å². The van der Waals surface area contributed by atoms with Crippen LogP contribution in [0.2, 0.25) is 5.02 Å². The Bertz CT molecular complexity index is 334. The highest BCUT2D eigenvalue weighted by molar-refractivity contribution is 6.31. The highest BCUT2D eigenvalue weighted by Crippen LogP contribution is 2.36. The van der Waals surface area contributed by atoms with Crippen LogP contribution in [0.3, 0.4) is 0 Å². The van der Waals surface area contributed by atoms with Crippen molar-refractivity contribution in [3.05, 3.63) is 29.0 Å². The van der Waals surface area contributed by atoms with Crippen LogP contribution in [-0.4, -0.2) is 12.0 Å². The fourth-order valence-electron chi connectivity index (χ4n) is 2.75. The number of hydrogen-bond donors (Lipinski definition) is 1. The van der Waals surface area contributed by atoms with E-state index in [9.17, 15) is 0 Å². The highest BCUT2D eigenvalue weighted by atomic mass is 35.5. The Morgan fingerprint density at radius 1 is 1.38 bits per heavy atom. The molecule has 1 N–H and O–H groups in total. The monoisotopic (exact) mass is 238 g/mol. The average molecular weight is 239 g/mol. The molecule has 0 bridgehead atoms. The molecule has 1 fully saturated rings. The summed E-state index contributed by atoms with van der Waals surface area (Å²) in [5, 5.41) is 4.20. The van der Waals surface area contributed by atoms with Crippen LogP contribution in [0.1, 0.15) is 43.7 Å². The quantitative estimate of drug-likeness (QED) is 0.871. The van der Waals surface area contributed by atoms with Crippen molar-refractivity contribution in [2.75, 3.05) is 7.05 Å². The molecule has 1 aromatic heterocycles. The van der Waals surface area contributed by atoms with Crippen molar-refractivity contribution >= 4 is 11.6 Å². The largest absolute Gasteiger partial charge is 0.313 e. The minimum Gasteiger partial charge on any atom is -0.313 e. The predicted molar refractivity (Wildman–Crippen MR) is 67.6 cm³/mol. The number of aromatic nitrogens is 1. The maximum Gasteiger partial charge on any atom is 0.0637 e. The lowest BCUT2D eigenvalue weighted by Gasteiger charge is -2.30. The third kappa shape index (κ3) is 2.55. The first-order valence-electron chi connectivity index (χ1n) is 6.09. The molecular formula is C13H19ClN2. The molecular weight excluding hydrogens is 220 g/mol. The molecule has 1 unspecified atom stereocenters. The zero-order valence-electron chi connectivity index (χ0n) is 9.75. The molecule has 1 atom stereocenters. The molecule has 0 saturated heterocycles. The summed E-state index contributed by atoms with van der Waals surface area (Å²) < 4.78 is 0. The first kappa shape index (κ1) is 11.9. The van der Waals surface area contributed by atoms with Gasteiger partial charge in [0.2, 0.25) is 0 Å². The molecule has 0 radical (unpaired) electrons. The molecule has 3 heteroatoms. The van der Waals surface area contributed by atoms with E-state index in [1.54, 1.807) is 6.20 Å². The van der Waals surface area contributed by atoms with Gasteiger partial charge in [0.15, 0.2) is 0 Å². The van der Waals surface area contributed by atoms with Gasteiger partial charge in [0, 0.05) is 18.4 Å². The fourth-order valence-corrected chi connectivity index (χ4v) is 2.99. The summed E-state index contributed by atoms with van der Waals surface area (Å²) in [6.07, 6.45) is 10.3. The Morgan fingerprint density at radius 3 is 2.75 bits per heavy atom. The lowest BCUT2D eigenvalue weighted by molar-refractivity contribution is 0.281. The van der Waals surface area contributed by atoms with Crippen LogP contribution in [0, 0.1) is 5.92 Å². The Morgan fingerprint density at radius 2 is 2.12 bits per heavy atom. The number of pyridine rings is 1. The van der Waals surface area contributed by atoms with E-state index in [-0.39, 0.29) is 0 Å². The fraction of sp³-hybridized carbons (Fsp3) is 0.615. The SMILES string of the molecule is CNC(c1ccncc1Cl)C1CCCCC1. The average Bonchev–Trinajstić information content (AvgIpc) is 2.34. The third-order valence-electron chi connectivity index (χ3n) is 3.57. The second-order valence-electron chi connectivity index (χ2n) is 4.56. The summed E-state index contributed by atoms with van der Waals surface area (Å²) in [6, 6.07) is 2.42. The van der Waals surface area contributed by atoms with E-state index in [1.165, 1.54) is 37.7 Å². The topological polar surface area (TPSA) is 24.9 Å². The number of nitrogens with one attached hydrogen (secondary N) is 1. The van der Waals surface area contributed by atoms with Gasteiger partial charge in [0.25, 0.3) is 0 Å². The van der Waals surface area contributed by atoms with Crippen molar-refractivity contribution in [1.82, 2.24) is 10.3 Å². The van der Waals surface area contributed by atoms with Crippen molar-refractivity contribution in [3.8, 4) is 0 Å². The van der Waals surface area contributed by atoms with Gasteiger partial charge in [-0.25, -0.2) is 0 Å². The molecule has 1 heterocycles. The smallest absolute Gasteiger partial charge is 0.0637 e. The van der Waals surface area contributed by atoms with E-state index in [2.05, 4.69) is 10.3 Å². The van der Waals surface area contributed by atoms with E-state index < -0.39 is 0 Å². The van der Waals surface area contributed by atoms with E-state index in [0.717, 1.165) is 10.9 Å². The molecule has 0 spiro atoms. The maximum atomic E-state index is 6.21. The number of halogens is 1. The number of nitrogens with zero attached hydrogens (tertiary/aromatic N) is 1. The van der Waals surface area contributed by atoms with Gasteiger partial charge in [-0.1, -0.05) is 30.9 Å². The first-order chi connectivity index (χ1) is 7.83. The van der Waals surface area contributed by atoms with Gasteiger partial charge >= 0.3 is 0 Å². The Kier molecular flexibility index (Phi) is 4.19. The number of rotatable bonds is 3. The van der Waals surface area contributed by atoms with Gasteiger partial charge in [0.05, 0.1) is 5.02 Å². The standard InChI is InChI=1S/C13H19ClN2/c1-15-13(10-5-3-2-4-6-10)11-7-8-16-9-12(11)14/h7-10,13,15H,2-6H2,1H3. The van der Waals surface area contributed by atoms with Crippen molar-refractivity contribution in [2.45, 2.75) is 38.1 Å². The summed E-state index contributed by atoms with van der Waals surface area (Å²) in [7, 11) is 2.02. The minimum absolute atomic E-state index is 0.385. The van der Waals surface area contributed by atoms with Crippen LogP contribution < -0.4 is 5.32 Å². The minimum atomic E-state index is 0.385. The molecule has 1 saturated carbocycles. The molecule has 2 rings (SSSR count). The second-order valence-corrected chi connectivity index (χ2v) is 4.97. The molecule has 1 aromatic rings. The normalized spacial score (nSPS) is 19.6. The van der Waals surface area contributed by atoms with Gasteiger partial charge in [0.1, 0.15) is 0 Å². The van der Waals surface area contributed by atoms with Crippen LogP contribution in [0.25, 0.3) is 0 Å². The van der Waals surface area contributed by atoms with Gasteiger partial charge in [-0.2, -0.15) is 0 Å². The summed E-state index contributed by atoms with van der Waals surface area (Å²) in [5.74, 6) is 0.721. The summed E-state index contributed by atoms with van der Waals surface area (Å²) >= 11 is 6.21. The zero-order chi connectivity index (χ0) is 11.4. The van der Waals surface area contributed by atoms with E-state index in [1.807, 2.05) is 19.3 Å².